The molecule has 0 saturated heterocycles. The zero-order chi connectivity index (χ0) is 22.3. The summed E-state index contributed by atoms with van der Waals surface area (Å²) in [7, 11) is -4.41. The van der Waals surface area contributed by atoms with Crippen LogP contribution in [-0.2, 0) is 10.0 Å². The number of carbonyl (C=O) groups excluding carboxylic acids is 1. The summed E-state index contributed by atoms with van der Waals surface area (Å²) < 4.78 is 70.4. The molecule has 2 N–H and O–H groups in total. The van der Waals surface area contributed by atoms with Crippen LogP contribution in [0.2, 0.25) is 0 Å². The summed E-state index contributed by atoms with van der Waals surface area (Å²) in [6.45, 7) is 1.44. The van der Waals surface area contributed by atoms with Crippen LogP contribution < -0.4 is 4.72 Å². The highest BCUT2D eigenvalue weighted by Gasteiger charge is 2.27. The van der Waals surface area contributed by atoms with Gasteiger partial charge in [0.15, 0.2) is 5.82 Å². The Kier molecular flexibility index (Phi) is 5.02. The van der Waals surface area contributed by atoms with E-state index in [2.05, 4.69) is 9.97 Å². The monoisotopic (exact) mass is 445 g/mol. The third-order valence-corrected chi connectivity index (χ3v) is 6.21. The Morgan fingerprint density at radius 1 is 1.10 bits per heavy atom. The summed E-state index contributed by atoms with van der Waals surface area (Å²) in [6, 6.07) is 7.87. The molecule has 0 radical (unpaired) electrons. The Morgan fingerprint density at radius 3 is 2.65 bits per heavy atom. The van der Waals surface area contributed by atoms with Gasteiger partial charge in [-0.2, -0.15) is 0 Å². The zero-order valence-electron chi connectivity index (χ0n) is 15.9. The first kappa shape index (κ1) is 20.6. The lowest BCUT2D eigenvalue weighted by atomic mass is 10.0. The second kappa shape index (κ2) is 7.55. The number of sulfonamides is 1. The van der Waals surface area contributed by atoms with E-state index in [9.17, 15) is 22.0 Å². The van der Waals surface area contributed by atoms with Crippen molar-refractivity contribution in [2.75, 3.05) is 4.72 Å². The first-order chi connectivity index (χ1) is 14.7. The van der Waals surface area contributed by atoms with Gasteiger partial charge in [0.05, 0.1) is 16.1 Å². The van der Waals surface area contributed by atoms with E-state index in [0.717, 1.165) is 24.3 Å². The third kappa shape index (κ3) is 3.66. The van der Waals surface area contributed by atoms with Crippen molar-refractivity contribution in [2.24, 2.45) is 0 Å². The Bertz CT molecular complexity index is 1450. The normalized spacial score (nSPS) is 11.6. The molecule has 0 bridgehead atoms. The number of rotatable bonds is 5. The van der Waals surface area contributed by atoms with E-state index < -0.39 is 49.4 Å². The summed E-state index contributed by atoms with van der Waals surface area (Å²) >= 11 is 0. The first-order valence-electron chi connectivity index (χ1n) is 8.93. The van der Waals surface area contributed by atoms with Crippen LogP contribution in [0.1, 0.15) is 21.5 Å². The van der Waals surface area contributed by atoms with Gasteiger partial charge in [-0.05, 0) is 48.9 Å². The van der Waals surface area contributed by atoms with Crippen molar-refractivity contribution in [2.45, 2.75) is 11.8 Å². The number of nitrogens with zero attached hydrogens (tertiary/aromatic N) is 1. The van der Waals surface area contributed by atoms with Crippen LogP contribution >= 0.6 is 0 Å². The molecule has 6 nitrogen and oxygen atoms in total. The molecular weight excluding hydrogens is 431 g/mol. The highest BCUT2D eigenvalue weighted by atomic mass is 32.2. The van der Waals surface area contributed by atoms with Crippen LogP contribution in [0.4, 0.5) is 18.9 Å². The van der Waals surface area contributed by atoms with Crippen molar-refractivity contribution < 1.29 is 26.4 Å². The quantitative estimate of drug-likeness (QED) is 0.448. The average molecular weight is 445 g/mol. The smallest absolute Gasteiger partial charge is 0.262 e. The number of H-pyrrole nitrogens is 1. The fourth-order valence-corrected chi connectivity index (χ4v) is 4.50. The summed E-state index contributed by atoms with van der Waals surface area (Å²) in [5.74, 6) is -4.34. The lowest BCUT2D eigenvalue weighted by Crippen LogP contribution is -2.17. The van der Waals surface area contributed by atoms with Crippen molar-refractivity contribution >= 4 is 32.5 Å². The largest absolute Gasteiger partial charge is 0.345 e. The molecule has 0 aliphatic heterocycles. The Morgan fingerprint density at radius 2 is 1.87 bits per heavy atom. The van der Waals surface area contributed by atoms with Crippen LogP contribution in [0.3, 0.4) is 0 Å². The summed E-state index contributed by atoms with van der Waals surface area (Å²) in [4.78, 5) is 19.2. The van der Waals surface area contributed by atoms with Crippen molar-refractivity contribution in [1.29, 1.82) is 0 Å². The molecule has 2 aromatic carbocycles. The number of aryl methyl sites for hydroxylation is 1. The number of aromatic amines is 1. The molecule has 0 amide bonds. The number of nitrogens with one attached hydrogen (secondary N) is 2. The Labute approximate surface area is 174 Å². The average Bonchev–Trinajstić information content (AvgIpc) is 3.16. The fourth-order valence-electron chi connectivity index (χ4n) is 3.18. The standard InChI is InChI=1S/C21H14F3N3O3S/c1-11-4-5-12(22)9-17(11)31(29,30)27-16-7-6-15(23)18(19(16)24)20(28)14-10-26-21-13(14)3-2-8-25-21/h2-10,27H,1H3,(H,25,26). The molecule has 31 heavy (non-hydrogen) atoms. The van der Waals surface area contributed by atoms with E-state index in [1.165, 1.54) is 25.4 Å². The lowest BCUT2D eigenvalue weighted by Gasteiger charge is -2.13. The number of benzene rings is 2. The minimum Gasteiger partial charge on any atom is -0.345 e. The first-order valence-corrected chi connectivity index (χ1v) is 10.4. The Hall–Kier alpha value is -3.66. The number of hydrogen-bond donors (Lipinski definition) is 2. The van der Waals surface area contributed by atoms with Gasteiger partial charge in [0.2, 0.25) is 5.78 Å². The maximum absolute atomic E-state index is 15.1. The van der Waals surface area contributed by atoms with Gasteiger partial charge in [0.25, 0.3) is 10.0 Å². The third-order valence-electron chi connectivity index (χ3n) is 4.70. The van der Waals surface area contributed by atoms with Crippen LogP contribution in [-0.4, -0.2) is 24.2 Å². The highest BCUT2D eigenvalue weighted by Crippen LogP contribution is 2.28. The van der Waals surface area contributed by atoms with Crippen LogP contribution in [0, 0.1) is 24.4 Å². The molecular formula is C21H14F3N3O3S. The van der Waals surface area contributed by atoms with E-state index in [0.29, 0.717) is 11.0 Å². The molecule has 0 unspecified atom stereocenters. The number of hydrogen-bond acceptors (Lipinski definition) is 4. The summed E-state index contributed by atoms with van der Waals surface area (Å²) in [5, 5.41) is 0.354. The van der Waals surface area contributed by atoms with Crippen LogP contribution in [0.25, 0.3) is 11.0 Å². The van der Waals surface area contributed by atoms with Crippen LogP contribution in [0.5, 0.6) is 0 Å². The van der Waals surface area contributed by atoms with Gasteiger partial charge in [-0.25, -0.2) is 26.6 Å². The van der Waals surface area contributed by atoms with Gasteiger partial charge in [0.1, 0.15) is 17.3 Å². The molecule has 0 fully saturated rings. The number of ketones is 1. The molecule has 10 heteroatoms. The van der Waals surface area contributed by atoms with Gasteiger partial charge < -0.3 is 4.98 Å². The lowest BCUT2D eigenvalue weighted by molar-refractivity contribution is 0.103. The molecule has 0 aliphatic carbocycles. The van der Waals surface area contributed by atoms with E-state index >= 15 is 4.39 Å². The van der Waals surface area contributed by atoms with Gasteiger partial charge in [-0.3, -0.25) is 9.52 Å². The minimum atomic E-state index is -4.41. The van der Waals surface area contributed by atoms with Gasteiger partial charge in [-0.1, -0.05) is 6.07 Å². The fraction of sp³-hybridized carbons (Fsp3) is 0.0476. The Balaban J connectivity index is 1.78. The van der Waals surface area contributed by atoms with E-state index in [1.54, 1.807) is 12.1 Å². The van der Waals surface area contributed by atoms with Crippen molar-refractivity contribution in [1.82, 2.24) is 9.97 Å². The van der Waals surface area contributed by atoms with E-state index in [1.807, 2.05) is 4.72 Å². The zero-order valence-corrected chi connectivity index (χ0v) is 16.7. The molecule has 0 saturated carbocycles. The topological polar surface area (TPSA) is 91.9 Å². The second-order valence-corrected chi connectivity index (χ2v) is 8.38. The maximum Gasteiger partial charge on any atom is 0.262 e. The number of pyridine rings is 1. The molecule has 0 atom stereocenters. The van der Waals surface area contributed by atoms with Crippen molar-refractivity contribution in [3.8, 4) is 0 Å². The molecule has 158 valence electrons. The van der Waals surface area contributed by atoms with Crippen molar-refractivity contribution in [3.05, 3.63) is 89.0 Å². The predicted molar refractivity (Wildman–Crippen MR) is 108 cm³/mol. The summed E-state index contributed by atoms with van der Waals surface area (Å²) in [5.41, 5.74) is -1.03. The molecule has 2 heterocycles. The summed E-state index contributed by atoms with van der Waals surface area (Å²) in [6.07, 6.45) is 2.75. The molecule has 0 aliphatic rings. The molecule has 2 aromatic heterocycles. The second-order valence-electron chi connectivity index (χ2n) is 6.73. The molecule has 0 spiro atoms. The highest BCUT2D eigenvalue weighted by molar-refractivity contribution is 7.92. The van der Waals surface area contributed by atoms with Crippen molar-refractivity contribution in [3.63, 3.8) is 0 Å². The van der Waals surface area contributed by atoms with Gasteiger partial charge >= 0.3 is 0 Å². The number of carbonyl (C=O) groups is 1. The van der Waals surface area contributed by atoms with Gasteiger partial charge in [-0.15, -0.1) is 0 Å². The number of aromatic nitrogens is 2. The SMILES string of the molecule is Cc1ccc(F)cc1S(=O)(=O)Nc1ccc(F)c(C(=O)c2c[nH]c3ncccc23)c1F. The van der Waals surface area contributed by atoms with E-state index in [4.69, 9.17) is 0 Å². The maximum atomic E-state index is 15.1. The van der Waals surface area contributed by atoms with Gasteiger partial charge in [0, 0.05) is 23.3 Å². The minimum absolute atomic E-state index is 0.0260. The van der Waals surface area contributed by atoms with E-state index in [-0.39, 0.29) is 11.1 Å². The number of anilines is 1. The van der Waals surface area contributed by atoms with Crippen LogP contribution in [0.15, 0.2) is 59.8 Å². The molecule has 4 aromatic rings. The number of fused-ring (bicyclic) bond motifs is 1. The number of halogens is 3. The molecule has 4 rings (SSSR count). The predicted octanol–water partition coefficient (Wildman–Crippen LogP) is 4.32.